The van der Waals surface area contributed by atoms with Crippen molar-refractivity contribution in [3.63, 3.8) is 0 Å². The van der Waals surface area contributed by atoms with Gasteiger partial charge in [0.15, 0.2) is 0 Å². The second-order valence-corrected chi connectivity index (χ2v) is 8.53. The van der Waals surface area contributed by atoms with Gasteiger partial charge in [-0.2, -0.15) is 5.10 Å². The molecule has 0 saturated carbocycles. The minimum absolute atomic E-state index is 0.0597. The lowest BCUT2D eigenvalue weighted by molar-refractivity contribution is -0.120. The van der Waals surface area contributed by atoms with Crippen LogP contribution in [0.2, 0.25) is 0 Å². The smallest absolute Gasteiger partial charge is 0.243 e. The number of hydrogen-bond acceptors (Lipinski definition) is 7. The molecule has 1 unspecified atom stereocenters. The minimum Gasteiger partial charge on any atom is -0.320 e. The Balaban J connectivity index is 1.36. The van der Waals surface area contributed by atoms with E-state index in [9.17, 15) is 4.79 Å². The molecule has 5 rings (SSSR count). The van der Waals surface area contributed by atoms with E-state index in [0.717, 1.165) is 35.3 Å². The lowest BCUT2D eigenvalue weighted by Crippen LogP contribution is -2.48. The van der Waals surface area contributed by atoms with Gasteiger partial charge in [0, 0.05) is 30.1 Å². The van der Waals surface area contributed by atoms with Crippen LogP contribution in [0.5, 0.6) is 0 Å². The van der Waals surface area contributed by atoms with Crippen LogP contribution in [0, 0.1) is 0 Å². The number of fused-ring (bicyclic) bond motifs is 1. The Morgan fingerprint density at radius 3 is 2.82 bits per heavy atom. The van der Waals surface area contributed by atoms with E-state index in [1.54, 1.807) is 17.3 Å². The largest absolute Gasteiger partial charge is 0.320 e. The summed E-state index contributed by atoms with van der Waals surface area (Å²) in [4.78, 5) is 27.5. The number of carbonyl (C=O) groups excluding carboxylic acids is 1. The van der Waals surface area contributed by atoms with E-state index in [1.165, 1.54) is 5.56 Å². The molecule has 1 aliphatic heterocycles. The predicted octanol–water partition coefficient (Wildman–Crippen LogP) is 3.51. The zero-order valence-electron chi connectivity index (χ0n) is 18.6. The first-order valence-electron chi connectivity index (χ1n) is 11.1. The van der Waals surface area contributed by atoms with E-state index >= 15 is 0 Å². The summed E-state index contributed by atoms with van der Waals surface area (Å²) < 4.78 is 1.88. The van der Waals surface area contributed by atoms with Gasteiger partial charge in [-0.1, -0.05) is 13.8 Å². The van der Waals surface area contributed by atoms with Gasteiger partial charge in [-0.15, -0.1) is 0 Å². The number of pyridine rings is 2. The van der Waals surface area contributed by atoms with Crippen LogP contribution in [0.25, 0.3) is 16.8 Å². The van der Waals surface area contributed by atoms with Gasteiger partial charge >= 0.3 is 0 Å². The number of piperidine rings is 1. The molecule has 0 spiro atoms. The molecule has 33 heavy (non-hydrogen) atoms. The summed E-state index contributed by atoms with van der Waals surface area (Å²) in [7, 11) is 0. The molecule has 0 aromatic carbocycles. The molecule has 4 aromatic heterocycles. The molecule has 1 fully saturated rings. The number of hydrogen-bond donors (Lipinski definition) is 2. The molecule has 4 aromatic rings. The van der Waals surface area contributed by atoms with Crippen LogP contribution in [0.4, 0.5) is 17.5 Å². The van der Waals surface area contributed by atoms with E-state index in [-0.39, 0.29) is 5.91 Å². The van der Waals surface area contributed by atoms with Crippen molar-refractivity contribution >= 4 is 28.9 Å². The number of nitrogens with two attached hydrogens (primary N) is 1. The predicted molar refractivity (Wildman–Crippen MR) is 127 cm³/mol. The van der Waals surface area contributed by atoms with Crippen molar-refractivity contribution in [1.82, 2.24) is 24.6 Å². The average Bonchev–Trinajstić information content (AvgIpc) is 3.25. The van der Waals surface area contributed by atoms with Gasteiger partial charge < -0.3 is 16.0 Å². The van der Waals surface area contributed by atoms with E-state index in [4.69, 9.17) is 5.73 Å². The highest BCUT2D eigenvalue weighted by Gasteiger charge is 2.26. The number of rotatable bonds is 5. The summed E-state index contributed by atoms with van der Waals surface area (Å²) in [6.45, 7) is 4.97. The summed E-state index contributed by atoms with van der Waals surface area (Å²) in [5.41, 5.74) is 10.7. The normalized spacial score (nSPS) is 16.5. The molecular formula is C24H26N8O. The quantitative estimate of drug-likeness (QED) is 0.486. The summed E-state index contributed by atoms with van der Waals surface area (Å²) >= 11 is 0. The summed E-state index contributed by atoms with van der Waals surface area (Å²) in [6.07, 6.45) is 8.86. The Labute approximate surface area is 191 Å². The van der Waals surface area contributed by atoms with Crippen molar-refractivity contribution in [2.24, 2.45) is 5.73 Å². The molecule has 0 aliphatic carbocycles. The molecule has 1 amide bonds. The van der Waals surface area contributed by atoms with E-state index in [0.29, 0.717) is 24.2 Å². The fourth-order valence-electron chi connectivity index (χ4n) is 4.08. The van der Waals surface area contributed by atoms with Crippen LogP contribution < -0.4 is 16.0 Å². The molecule has 5 heterocycles. The second-order valence-electron chi connectivity index (χ2n) is 8.53. The number of nitrogens with one attached hydrogen (secondary N) is 1. The highest BCUT2D eigenvalue weighted by atomic mass is 16.2. The highest BCUT2D eigenvalue weighted by molar-refractivity contribution is 5.97. The Morgan fingerprint density at radius 1 is 1.15 bits per heavy atom. The zero-order valence-corrected chi connectivity index (χ0v) is 18.6. The summed E-state index contributed by atoms with van der Waals surface area (Å²) in [5, 5.41) is 7.58. The Morgan fingerprint density at radius 2 is 2.03 bits per heavy atom. The minimum atomic E-state index is -0.439. The third-order valence-corrected chi connectivity index (χ3v) is 5.90. The third kappa shape index (κ3) is 4.14. The zero-order chi connectivity index (χ0) is 22.9. The standard InChI is InChI=1S/C24H26N8O/c1-15(2)18-14-28-32-11-8-16(12-21(18)32)20-7-9-26-24(29-20)30-22-6-5-17(13-27-22)31-10-3-4-19(25)23(31)33/h5-9,11-15,19H,3-4,10,25H2,1-2H3,(H,26,27,29,30). The second kappa shape index (κ2) is 8.59. The van der Waals surface area contributed by atoms with E-state index in [2.05, 4.69) is 45.3 Å². The van der Waals surface area contributed by atoms with Gasteiger partial charge in [0.1, 0.15) is 5.82 Å². The van der Waals surface area contributed by atoms with Crippen molar-refractivity contribution in [2.45, 2.75) is 38.6 Å². The number of amides is 1. The molecule has 1 aliphatic rings. The molecule has 3 N–H and O–H groups in total. The molecule has 0 radical (unpaired) electrons. The topological polar surface area (TPSA) is 114 Å². The lowest BCUT2D eigenvalue weighted by atomic mass is 10.0. The number of anilines is 3. The molecular weight excluding hydrogens is 416 g/mol. The SMILES string of the molecule is CC(C)c1cnn2ccc(-c3ccnc(Nc4ccc(N5CCCC(N)C5=O)cn4)n3)cc12. The summed E-state index contributed by atoms with van der Waals surface area (Å²) in [5.74, 6) is 1.36. The molecule has 9 nitrogen and oxygen atoms in total. The van der Waals surface area contributed by atoms with Crippen LogP contribution in [0.1, 0.15) is 38.2 Å². The van der Waals surface area contributed by atoms with Gasteiger partial charge in [0.25, 0.3) is 0 Å². The van der Waals surface area contributed by atoms with Crippen molar-refractivity contribution in [3.05, 3.63) is 60.7 Å². The van der Waals surface area contributed by atoms with E-state index in [1.807, 2.05) is 41.2 Å². The van der Waals surface area contributed by atoms with Gasteiger partial charge in [0.2, 0.25) is 11.9 Å². The fraction of sp³-hybridized carbons (Fsp3) is 0.292. The first kappa shape index (κ1) is 21.0. The van der Waals surface area contributed by atoms with Crippen LogP contribution in [0.3, 0.4) is 0 Å². The molecule has 168 valence electrons. The Bertz CT molecular complexity index is 1300. The maximum atomic E-state index is 12.3. The monoisotopic (exact) mass is 442 g/mol. The fourth-order valence-corrected chi connectivity index (χ4v) is 4.08. The summed E-state index contributed by atoms with van der Waals surface area (Å²) in [6, 6.07) is 9.20. The average molecular weight is 443 g/mol. The van der Waals surface area contributed by atoms with Crippen molar-refractivity contribution < 1.29 is 4.79 Å². The molecule has 9 heteroatoms. The van der Waals surface area contributed by atoms with Gasteiger partial charge in [-0.25, -0.2) is 19.5 Å². The van der Waals surface area contributed by atoms with Crippen LogP contribution in [-0.4, -0.2) is 43.1 Å². The van der Waals surface area contributed by atoms with Crippen LogP contribution >= 0.6 is 0 Å². The molecule has 0 bridgehead atoms. The lowest BCUT2D eigenvalue weighted by Gasteiger charge is -2.30. The van der Waals surface area contributed by atoms with Crippen LogP contribution in [0.15, 0.2) is 55.1 Å². The first-order valence-corrected chi connectivity index (χ1v) is 11.1. The molecule has 1 atom stereocenters. The van der Waals surface area contributed by atoms with Crippen molar-refractivity contribution in [2.75, 3.05) is 16.8 Å². The number of nitrogens with zero attached hydrogens (tertiary/aromatic N) is 6. The van der Waals surface area contributed by atoms with Crippen molar-refractivity contribution in [3.8, 4) is 11.3 Å². The highest BCUT2D eigenvalue weighted by Crippen LogP contribution is 2.26. The maximum absolute atomic E-state index is 12.3. The number of aromatic nitrogens is 5. The third-order valence-electron chi connectivity index (χ3n) is 5.90. The van der Waals surface area contributed by atoms with Crippen molar-refractivity contribution in [1.29, 1.82) is 0 Å². The maximum Gasteiger partial charge on any atom is 0.243 e. The molecule has 1 saturated heterocycles. The van der Waals surface area contributed by atoms with Gasteiger partial charge in [0.05, 0.1) is 35.3 Å². The van der Waals surface area contributed by atoms with Gasteiger partial charge in [-0.3, -0.25) is 4.79 Å². The van der Waals surface area contributed by atoms with Gasteiger partial charge in [-0.05, 0) is 49.1 Å². The van der Waals surface area contributed by atoms with Crippen LogP contribution in [-0.2, 0) is 4.79 Å². The number of carbonyl (C=O) groups is 1. The van der Waals surface area contributed by atoms with E-state index < -0.39 is 6.04 Å². The Kier molecular flexibility index (Phi) is 5.47. The first-order chi connectivity index (χ1) is 16.0. The Hall–Kier alpha value is -3.85.